The Morgan fingerprint density at radius 2 is 1.40 bits per heavy atom. The lowest BCUT2D eigenvalue weighted by Gasteiger charge is -2.52. The number of carbonyl (C=O) groups is 2. The number of likely N-dealkylation sites (tertiary alicyclic amines) is 1. The van der Waals surface area contributed by atoms with Gasteiger partial charge in [-0.3, -0.25) is 14.5 Å². The molecule has 3 aromatic rings. The van der Waals surface area contributed by atoms with Gasteiger partial charge in [0, 0.05) is 11.3 Å². The average Bonchev–Trinajstić information content (AvgIpc) is 3.02. The van der Waals surface area contributed by atoms with Crippen LogP contribution in [0.3, 0.4) is 0 Å². The topological polar surface area (TPSA) is 37.4 Å². The number of benzene rings is 3. The van der Waals surface area contributed by atoms with Crippen molar-refractivity contribution in [3.8, 4) is 0 Å². The molecular weight excluding hydrogens is 377 g/mol. The third-order valence-electron chi connectivity index (χ3n) is 7.39. The summed E-state index contributed by atoms with van der Waals surface area (Å²) in [5.74, 6) is -1.49. The smallest absolute Gasteiger partial charge is 0.234 e. The Balaban J connectivity index is 1.52. The maximum atomic E-state index is 13.7. The van der Waals surface area contributed by atoms with Crippen LogP contribution in [0.2, 0.25) is 0 Å². The molecule has 4 aliphatic rings. The minimum absolute atomic E-state index is 0.112. The zero-order chi connectivity index (χ0) is 20.6. The highest BCUT2D eigenvalue weighted by Crippen LogP contribution is 2.63. The molecule has 4 heteroatoms. The van der Waals surface area contributed by atoms with Gasteiger partial charge >= 0.3 is 0 Å². The zero-order valence-corrected chi connectivity index (χ0v) is 16.5. The Bertz CT molecular complexity index is 1170. The summed E-state index contributed by atoms with van der Waals surface area (Å²) in [7, 11) is 0. The summed E-state index contributed by atoms with van der Waals surface area (Å²) < 4.78 is 13.3. The number of halogens is 1. The van der Waals surface area contributed by atoms with Crippen LogP contribution in [0.25, 0.3) is 0 Å². The van der Waals surface area contributed by atoms with Gasteiger partial charge in [-0.1, -0.05) is 67.6 Å². The first-order valence-electron chi connectivity index (χ1n) is 10.3. The molecule has 3 aromatic carbocycles. The van der Waals surface area contributed by atoms with Crippen molar-refractivity contribution in [2.24, 2.45) is 11.8 Å². The third-order valence-corrected chi connectivity index (χ3v) is 7.39. The molecule has 0 unspecified atom stereocenters. The summed E-state index contributed by atoms with van der Waals surface area (Å²) in [6.07, 6.45) is 0. The van der Waals surface area contributed by atoms with Crippen molar-refractivity contribution in [3.63, 3.8) is 0 Å². The molecule has 2 bridgehead atoms. The fraction of sp³-hybridized carbons (Fsp3) is 0.231. The molecule has 2 atom stereocenters. The Morgan fingerprint density at radius 3 is 2.00 bits per heavy atom. The molecule has 1 heterocycles. The van der Waals surface area contributed by atoms with E-state index in [1.165, 1.54) is 17.0 Å². The van der Waals surface area contributed by atoms with Gasteiger partial charge in [-0.15, -0.1) is 0 Å². The summed E-state index contributed by atoms with van der Waals surface area (Å²) in [5, 5.41) is 0. The van der Waals surface area contributed by atoms with Crippen molar-refractivity contribution in [1.82, 2.24) is 4.90 Å². The fourth-order valence-corrected chi connectivity index (χ4v) is 6.14. The molecule has 3 aliphatic carbocycles. The van der Waals surface area contributed by atoms with Crippen LogP contribution in [0.5, 0.6) is 0 Å². The van der Waals surface area contributed by atoms with Crippen LogP contribution >= 0.6 is 0 Å². The van der Waals surface area contributed by atoms with E-state index in [2.05, 4.69) is 31.2 Å². The van der Waals surface area contributed by atoms with Crippen molar-refractivity contribution in [1.29, 1.82) is 0 Å². The van der Waals surface area contributed by atoms with E-state index >= 15 is 0 Å². The number of amides is 2. The van der Waals surface area contributed by atoms with E-state index in [0.717, 1.165) is 27.8 Å². The van der Waals surface area contributed by atoms with Crippen molar-refractivity contribution >= 4 is 11.8 Å². The van der Waals surface area contributed by atoms with Crippen molar-refractivity contribution in [2.45, 2.75) is 24.8 Å². The third kappa shape index (κ3) is 2.03. The monoisotopic (exact) mass is 397 g/mol. The summed E-state index contributed by atoms with van der Waals surface area (Å²) in [5.41, 5.74) is 4.83. The average molecular weight is 397 g/mol. The maximum absolute atomic E-state index is 13.7. The fourth-order valence-electron chi connectivity index (χ4n) is 6.14. The zero-order valence-electron chi connectivity index (χ0n) is 16.5. The second-order valence-corrected chi connectivity index (χ2v) is 8.75. The quantitative estimate of drug-likeness (QED) is 0.602. The van der Waals surface area contributed by atoms with E-state index in [0.29, 0.717) is 0 Å². The van der Waals surface area contributed by atoms with Crippen LogP contribution in [-0.4, -0.2) is 16.7 Å². The largest absolute Gasteiger partial charge is 0.278 e. The van der Waals surface area contributed by atoms with Crippen LogP contribution in [0, 0.1) is 17.7 Å². The van der Waals surface area contributed by atoms with Gasteiger partial charge in [-0.2, -0.15) is 0 Å². The molecular formula is C26H20FNO2. The van der Waals surface area contributed by atoms with Gasteiger partial charge < -0.3 is 0 Å². The lowest BCUT2D eigenvalue weighted by atomic mass is 9.48. The SMILES string of the molecule is CC12c3ccccc3C(c3ccccc31)[C@@H]1C(=O)N(Cc3ccc(F)cc3)C(=O)[C@H]12. The van der Waals surface area contributed by atoms with Crippen molar-refractivity contribution < 1.29 is 14.0 Å². The standard InChI is InChI=1S/C26H20FNO2/c1-26-19-8-4-2-6-17(19)21(18-7-3-5-9-20(18)26)22-23(26)25(30)28(24(22)29)14-15-10-12-16(27)13-11-15/h2-13,21-23H,14H2,1H3/t21?,22-,23-,26?/m0/s1. The molecule has 1 fully saturated rings. The van der Waals surface area contributed by atoms with Crippen LogP contribution in [0.1, 0.15) is 40.7 Å². The highest BCUT2D eigenvalue weighted by Gasteiger charge is 2.66. The summed E-state index contributed by atoms with van der Waals surface area (Å²) >= 11 is 0. The molecule has 148 valence electrons. The number of rotatable bonds is 2. The number of hydrogen-bond donors (Lipinski definition) is 0. The first-order valence-corrected chi connectivity index (χ1v) is 10.3. The number of imide groups is 1. The molecule has 0 aromatic heterocycles. The van der Waals surface area contributed by atoms with Crippen molar-refractivity contribution in [3.05, 3.63) is 106 Å². The first kappa shape index (κ1) is 17.6. The van der Waals surface area contributed by atoms with E-state index < -0.39 is 17.3 Å². The molecule has 0 saturated carbocycles. The normalized spacial score (nSPS) is 28.3. The van der Waals surface area contributed by atoms with Gasteiger partial charge in [0.2, 0.25) is 11.8 Å². The molecule has 7 rings (SSSR count). The van der Waals surface area contributed by atoms with E-state index in [-0.39, 0.29) is 30.1 Å². The lowest BCUT2D eigenvalue weighted by Crippen LogP contribution is -2.51. The van der Waals surface area contributed by atoms with Crippen LogP contribution in [0.4, 0.5) is 4.39 Å². The Hall–Kier alpha value is -3.27. The Labute approximate surface area is 174 Å². The van der Waals surface area contributed by atoms with Gasteiger partial charge in [0.15, 0.2) is 0 Å². The highest BCUT2D eigenvalue weighted by molar-refractivity contribution is 6.08. The molecule has 1 aliphatic heterocycles. The van der Waals surface area contributed by atoms with Crippen LogP contribution in [-0.2, 0) is 21.5 Å². The molecule has 0 spiro atoms. The summed E-state index contributed by atoms with van der Waals surface area (Å²) in [6, 6.07) is 22.5. The van der Waals surface area contributed by atoms with Crippen LogP contribution < -0.4 is 0 Å². The molecule has 3 nitrogen and oxygen atoms in total. The molecule has 0 radical (unpaired) electrons. The number of nitrogens with zero attached hydrogens (tertiary/aromatic N) is 1. The lowest BCUT2D eigenvalue weighted by molar-refractivity contribution is -0.140. The van der Waals surface area contributed by atoms with Gasteiger partial charge in [0.05, 0.1) is 18.4 Å². The number of carbonyl (C=O) groups excluding carboxylic acids is 2. The molecule has 0 N–H and O–H groups in total. The van der Waals surface area contributed by atoms with Crippen molar-refractivity contribution in [2.75, 3.05) is 0 Å². The Morgan fingerprint density at radius 1 is 0.833 bits per heavy atom. The van der Waals surface area contributed by atoms with E-state index in [1.807, 2.05) is 24.3 Å². The van der Waals surface area contributed by atoms with E-state index in [4.69, 9.17) is 0 Å². The molecule has 1 saturated heterocycles. The van der Waals surface area contributed by atoms with Gasteiger partial charge in [-0.25, -0.2) is 4.39 Å². The predicted molar refractivity (Wildman–Crippen MR) is 110 cm³/mol. The molecule has 30 heavy (non-hydrogen) atoms. The Kier molecular flexibility index (Phi) is 3.45. The van der Waals surface area contributed by atoms with E-state index in [1.54, 1.807) is 12.1 Å². The number of hydrogen-bond acceptors (Lipinski definition) is 2. The summed E-state index contributed by atoms with van der Waals surface area (Å²) in [4.78, 5) is 28.7. The minimum atomic E-state index is -0.545. The predicted octanol–water partition coefficient (Wildman–Crippen LogP) is 4.39. The van der Waals surface area contributed by atoms with Gasteiger partial charge in [0.25, 0.3) is 0 Å². The van der Waals surface area contributed by atoms with Crippen LogP contribution in [0.15, 0.2) is 72.8 Å². The maximum Gasteiger partial charge on any atom is 0.234 e. The highest BCUT2D eigenvalue weighted by atomic mass is 19.1. The van der Waals surface area contributed by atoms with Gasteiger partial charge in [0.1, 0.15) is 5.82 Å². The van der Waals surface area contributed by atoms with E-state index in [9.17, 15) is 14.0 Å². The van der Waals surface area contributed by atoms with Gasteiger partial charge in [-0.05, 0) is 39.9 Å². The summed E-state index contributed by atoms with van der Waals surface area (Å²) in [6.45, 7) is 2.30. The second kappa shape index (κ2) is 5.88. The minimum Gasteiger partial charge on any atom is -0.278 e. The molecule has 2 amide bonds. The first-order chi connectivity index (χ1) is 14.5. The second-order valence-electron chi connectivity index (χ2n) is 8.75.